The van der Waals surface area contributed by atoms with Gasteiger partial charge in [0.05, 0.1) is 29.5 Å². The van der Waals surface area contributed by atoms with Crippen molar-refractivity contribution in [3.63, 3.8) is 0 Å². The SMILES string of the molecule is COc1ccccc1-n1c(SCC(=O)NCc2ccc(F)cc2)nc2ccccc2c1=O. The van der Waals surface area contributed by atoms with Crippen molar-refractivity contribution in [2.24, 2.45) is 0 Å². The second-order valence-corrected chi connectivity index (χ2v) is 7.86. The quantitative estimate of drug-likeness (QED) is 0.342. The molecule has 0 aliphatic heterocycles. The predicted octanol–water partition coefficient (Wildman–Crippen LogP) is 3.94. The molecule has 0 unspecified atom stereocenters. The molecule has 4 aromatic rings. The first-order valence-corrected chi connectivity index (χ1v) is 10.8. The number of nitrogens with zero attached hydrogens (tertiary/aromatic N) is 2. The number of hydrogen-bond donors (Lipinski definition) is 1. The fourth-order valence-electron chi connectivity index (χ4n) is 3.22. The number of carbonyl (C=O) groups is 1. The van der Waals surface area contributed by atoms with Crippen LogP contribution in [0.4, 0.5) is 4.39 Å². The molecule has 1 aromatic heterocycles. The summed E-state index contributed by atoms with van der Waals surface area (Å²) in [7, 11) is 1.54. The van der Waals surface area contributed by atoms with Crippen LogP contribution in [-0.2, 0) is 11.3 Å². The molecule has 0 atom stereocenters. The molecule has 0 aliphatic rings. The molecule has 6 nitrogen and oxygen atoms in total. The number of halogens is 1. The van der Waals surface area contributed by atoms with Crippen molar-refractivity contribution in [2.75, 3.05) is 12.9 Å². The molecule has 0 radical (unpaired) electrons. The number of para-hydroxylation sites is 3. The Bertz CT molecular complexity index is 1320. The van der Waals surface area contributed by atoms with Gasteiger partial charge in [0.15, 0.2) is 5.16 Å². The van der Waals surface area contributed by atoms with Gasteiger partial charge in [-0.15, -0.1) is 0 Å². The molecule has 32 heavy (non-hydrogen) atoms. The van der Waals surface area contributed by atoms with E-state index in [1.807, 2.05) is 18.2 Å². The van der Waals surface area contributed by atoms with Gasteiger partial charge in [0, 0.05) is 6.54 Å². The summed E-state index contributed by atoms with van der Waals surface area (Å²) >= 11 is 1.16. The molecule has 8 heteroatoms. The Balaban J connectivity index is 1.62. The molecule has 0 aliphatic carbocycles. The Morgan fingerprint density at radius 3 is 2.56 bits per heavy atom. The standard InChI is InChI=1S/C24H20FN3O3S/c1-31-21-9-5-4-8-20(21)28-23(30)18-6-2-3-7-19(18)27-24(28)32-15-22(29)26-14-16-10-12-17(25)13-11-16/h2-13H,14-15H2,1H3,(H,26,29). The van der Waals surface area contributed by atoms with Crippen LogP contribution >= 0.6 is 11.8 Å². The van der Waals surface area contributed by atoms with Gasteiger partial charge in [0.1, 0.15) is 11.6 Å². The number of methoxy groups -OCH3 is 1. The highest BCUT2D eigenvalue weighted by atomic mass is 32.2. The summed E-state index contributed by atoms with van der Waals surface area (Å²) in [6.07, 6.45) is 0. The van der Waals surface area contributed by atoms with Gasteiger partial charge in [-0.05, 0) is 42.0 Å². The Labute approximate surface area is 188 Å². The lowest BCUT2D eigenvalue weighted by Crippen LogP contribution is -2.26. The summed E-state index contributed by atoms with van der Waals surface area (Å²) < 4.78 is 19.9. The van der Waals surface area contributed by atoms with Crippen LogP contribution in [0.5, 0.6) is 5.75 Å². The Morgan fingerprint density at radius 1 is 1.06 bits per heavy atom. The lowest BCUT2D eigenvalue weighted by Gasteiger charge is -2.15. The van der Waals surface area contributed by atoms with Crippen molar-refractivity contribution in [2.45, 2.75) is 11.7 Å². The summed E-state index contributed by atoms with van der Waals surface area (Å²) in [6.45, 7) is 0.282. The number of nitrogens with one attached hydrogen (secondary N) is 1. The maximum absolute atomic E-state index is 13.3. The molecular weight excluding hydrogens is 429 g/mol. The second kappa shape index (κ2) is 9.65. The number of amides is 1. The van der Waals surface area contributed by atoms with E-state index >= 15 is 0 Å². The number of benzene rings is 3. The molecule has 0 spiro atoms. The summed E-state index contributed by atoms with van der Waals surface area (Å²) in [5, 5.41) is 3.66. The molecule has 3 aromatic carbocycles. The predicted molar refractivity (Wildman–Crippen MR) is 123 cm³/mol. The smallest absolute Gasteiger partial charge is 0.266 e. The van der Waals surface area contributed by atoms with Gasteiger partial charge in [-0.25, -0.2) is 9.37 Å². The normalized spacial score (nSPS) is 10.8. The van der Waals surface area contributed by atoms with E-state index in [2.05, 4.69) is 10.3 Å². The van der Waals surface area contributed by atoms with E-state index in [0.29, 0.717) is 27.5 Å². The minimum Gasteiger partial charge on any atom is -0.495 e. The van der Waals surface area contributed by atoms with E-state index < -0.39 is 0 Å². The van der Waals surface area contributed by atoms with Crippen molar-refractivity contribution in [3.8, 4) is 11.4 Å². The van der Waals surface area contributed by atoms with Crippen LogP contribution in [0, 0.1) is 5.82 Å². The van der Waals surface area contributed by atoms with Gasteiger partial charge in [0.25, 0.3) is 5.56 Å². The van der Waals surface area contributed by atoms with E-state index in [-0.39, 0.29) is 29.6 Å². The third-order valence-electron chi connectivity index (χ3n) is 4.81. The van der Waals surface area contributed by atoms with E-state index in [1.54, 1.807) is 42.5 Å². The molecule has 0 fully saturated rings. The van der Waals surface area contributed by atoms with Gasteiger partial charge in [0.2, 0.25) is 5.91 Å². The zero-order valence-electron chi connectivity index (χ0n) is 17.2. The Kier molecular flexibility index (Phi) is 6.51. The first-order chi connectivity index (χ1) is 15.6. The van der Waals surface area contributed by atoms with Crippen LogP contribution in [0.25, 0.3) is 16.6 Å². The average Bonchev–Trinajstić information content (AvgIpc) is 2.82. The minimum atomic E-state index is -0.327. The molecule has 4 rings (SSSR count). The van der Waals surface area contributed by atoms with Crippen molar-refractivity contribution in [3.05, 3.63) is 94.5 Å². The zero-order chi connectivity index (χ0) is 22.5. The molecule has 162 valence electrons. The second-order valence-electron chi connectivity index (χ2n) is 6.92. The summed E-state index contributed by atoms with van der Waals surface area (Å²) in [5.74, 6) is 0.0242. The van der Waals surface area contributed by atoms with Crippen LogP contribution in [0.2, 0.25) is 0 Å². The van der Waals surface area contributed by atoms with Gasteiger partial charge in [-0.2, -0.15) is 0 Å². The molecule has 0 saturated carbocycles. The Morgan fingerprint density at radius 2 is 1.78 bits per heavy atom. The van der Waals surface area contributed by atoms with Crippen LogP contribution in [0.1, 0.15) is 5.56 Å². The van der Waals surface area contributed by atoms with Crippen LogP contribution in [0.15, 0.2) is 82.7 Å². The number of thioether (sulfide) groups is 1. The number of hydrogen-bond acceptors (Lipinski definition) is 5. The lowest BCUT2D eigenvalue weighted by atomic mass is 10.2. The molecule has 0 bridgehead atoms. The monoisotopic (exact) mass is 449 g/mol. The number of carbonyl (C=O) groups excluding carboxylic acids is 1. The van der Waals surface area contributed by atoms with Crippen molar-refractivity contribution in [1.29, 1.82) is 0 Å². The van der Waals surface area contributed by atoms with E-state index in [0.717, 1.165) is 17.3 Å². The summed E-state index contributed by atoms with van der Waals surface area (Å²) in [5.41, 5.74) is 1.65. The van der Waals surface area contributed by atoms with Crippen LogP contribution in [0.3, 0.4) is 0 Å². The van der Waals surface area contributed by atoms with Gasteiger partial charge in [-0.1, -0.05) is 48.2 Å². The lowest BCUT2D eigenvalue weighted by molar-refractivity contribution is -0.118. The van der Waals surface area contributed by atoms with Crippen LogP contribution < -0.4 is 15.6 Å². The molecule has 0 saturated heterocycles. The third kappa shape index (κ3) is 4.65. The topological polar surface area (TPSA) is 73.2 Å². The van der Waals surface area contributed by atoms with E-state index in [4.69, 9.17) is 4.74 Å². The summed E-state index contributed by atoms with van der Waals surface area (Å²) in [6, 6.07) is 20.2. The first-order valence-electron chi connectivity index (χ1n) is 9.86. The first kappa shape index (κ1) is 21.6. The fourth-order valence-corrected chi connectivity index (χ4v) is 4.06. The zero-order valence-corrected chi connectivity index (χ0v) is 18.1. The third-order valence-corrected chi connectivity index (χ3v) is 5.74. The van der Waals surface area contributed by atoms with Crippen LogP contribution in [-0.4, -0.2) is 28.3 Å². The molecule has 1 heterocycles. The Hall–Kier alpha value is -3.65. The molecule has 1 amide bonds. The number of aromatic nitrogens is 2. The highest BCUT2D eigenvalue weighted by Gasteiger charge is 2.17. The largest absolute Gasteiger partial charge is 0.495 e. The highest BCUT2D eigenvalue weighted by Crippen LogP contribution is 2.27. The number of rotatable bonds is 7. The van der Waals surface area contributed by atoms with Gasteiger partial charge < -0.3 is 10.1 Å². The maximum Gasteiger partial charge on any atom is 0.266 e. The van der Waals surface area contributed by atoms with Crippen molar-refractivity contribution in [1.82, 2.24) is 14.9 Å². The number of fused-ring (bicyclic) bond motifs is 1. The average molecular weight is 450 g/mol. The summed E-state index contributed by atoms with van der Waals surface area (Å²) in [4.78, 5) is 30.4. The van der Waals surface area contributed by atoms with E-state index in [1.165, 1.54) is 23.8 Å². The maximum atomic E-state index is 13.3. The van der Waals surface area contributed by atoms with Crippen molar-refractivity contribution >= 4 is 28.6 Å². The minimum absolute atomic E-state index is 0.0567. The van der Waals surface area contributed by atoms with Gasteiger partial charge >= 0.3 is 0 Å². The molecule has 1 N–H and O–H groups in total. The van der Waals surface area contributed by atoms with E-state index in [9.17, 15) is 14.0 Å². The number of ether oxygens (including phenoxy) is 1. The fraction of sp³-hybridized carbons (Fsp3) is 0.125. The molecular formula is C24H20FN3O3S. The highest BCUT2D eigenvalue weighted by molar-refractivity contribution is 7.99. The van der Waals surface area contributed by atoms with Gasteiger partial charge in [-0.3, -0.25) is 14.2 Å². The van der Waals surface area contributed by atoms with Crippen molar-refractivity contribution < 1.29 is 13.9 Å².